The monoisotopic (exact) mass is 420 g/mol. The zero-order valence-corrected chi connectivity index (χ0v) is 16.1. The summed E-state index contributed by atoms with van der Waals surface area (Å²) in [6.07, 6.45) is 1.92. The first kappa shape index (κ1) is 20.6. The lowest BCUT2D eigenvalue weighted by Gasteiger charge is -2.17. The third kappa shape index (κ3) is 4.46. The molecule has 2 heterocycles. The molecule has 0 saturated carbocycles. The zero-order valence-electron chi connectivity index (χ0n) is 15.3. The van der Waals surface area contributed by atoms with Gasteiger partial charge in [0, 0.05) is 30.9 Å². The molecule has 3 rings (SSSR count). The molecular formula is C18H20N4O6S. The Morgan fingerprint density at radius 2 is 1.97 bits per heavy atom. The van der Waals surface area contributed by atoms with E-state index in [1.807, 2.05) is 0 Å². The van der Waals surface area contributed by atoms with Crippen LogP contribution in [0.3, 0.4) is 0 Å². The van der Waals surface area contributed by atoms with E-state index >= 15 is 0 Å². The minimum Gasteiger partial charge on any atom is -0.505 e. The van der Waals surface area contributed by atoms with Gasteiger partial charge >= 0.3 is 5.97 Å². The predicted octanol–water partition coefficient (Wildman–Crippen LogP) is 0.362. The fraction of sp³-hybridized carbons (Fsp3) is 0.278. The Morgan fingerprint density at radius 3 is 2.59 bits per heavy atom. The summed E-state index contributed by atoms with van der Waals surface area (Å²) in [6, 6.07) is 7.31. The van der Waals surface area contributed by atoms with Crippen LogP contribution in [0, 0.1) is 0 Å². The van der Waals surface area contributed by atoms with Crippen LogP contribution in [-0.4, -0.2) is 59.4 Å². The number of benzene rings is 1. The van der Waals surface area contributed by atoms with E-state index in [1.165, 1.54) is 40.8 Å². The molecule has 5 N–H and O–H groups in total. The Morgan fingerprint density at radius 1 is 1.28 bits per heavy atom. The van der Waals surface area contributed by atoms with Crippen LogP contribution in [0.15, 0.2) is 41.4 Å². The third-order valence-corrected chi connectivity index (χ3v) is 6.52. The van der Waals surface area contributed by atoms with Gasteiger partial charge in [-0.25, -0.2) is 13.4 Å². The quantitative estimate of drug-likeness (QED) is 0.487. The van der Waals surface area contributed by atoms with Crippen molar-refractivity contribution in [1.82, 2.24) is 14.6 Å². The largest absolute Gasteiger partial charge is 0.505 e. The summed E-state index contributed by atoms with van der Waals surface area (Å²) in [6.45, 7) is -0.0837. The standard InChI is InChI=1S/C18H20N4O6S/c19-13-1-3-14(4-2-13)29(27,28)22-6-5-11(10-22)12-7-15(23)17(20-8-12)18(26)21-9-16(24)25/h1-4,7-8,11,23H,5-6,9-10,19H2,(H,21,26)(H,24,25). The molecule has 10 nitrogen and oxygen atoms in total. The molecule has 0 bridgehead atoms. The number of nitrogens with two attached hydrogens (primary N) is 1. The maximum atomic E-state index is 12.8. The van der Waals surface area contributed by atoms with Crippen molar-refractivity contribution in [3.05, 3.63) is 47.8 Å². The Bertz CT molecular complexity index is 1040. The number of aromatic nitrogens is 1. The molecule has 154 valence electrons. The Balaban J connectivity index is 1.73. The molecule has 0 spiro atoms. The summed E-state index contributed by atoms with van der Waals surface area (Å²) in [5.74, 6) is -2.63. The van der Waals surface area contributed by atoms with Gasteiger partial charge in [0.1, 0.15) is 12.3 Å². The number of nitrogen functional groups attached to an aromatic ring is 1. The van der Waals surface area contributed by atoms with Crippen molar-refractivity contribution in [2.45, 2.75) is 17.2 Å². The van der Waals surface area contributed by atoms with Crippen LogP contribution in [0.2, 0.25) is 0 Å². The second-order valence-corrected chi connectivity index (χ2v) is 8.57. The summed E-state index contributed by atoms with van der Waals surface area (Å²) >= 11 is 0. The fourth-order valence-corrected chi connectivity index (χ4v) is 4.61. The summed E-state index contributed by atoms with van der Waals surface area (Å²) in [7, 11) is -3.67. The molecule has 1 aliphatic rings. The van der Waals surface area contributed by atoms with Crippen molar-refractivity contribution in [3.8, 4) is 5.75 Å². The summed E-state index contributed by atoms with van der Waals surface area (Å²) < 4.78 is 26.9. The lowest BCUT2D eigenvalue weighted by Crippen LogP contribution is -2.30. The van der Waals surface area contributed by atoms with E-state index < -0.39 is 34.2 Å². The summed E-state index contributed by atoms with van der Waals surface area (Å²) in [4.78, 5) is 26.5. The van der Waals surface area contributed by atoms with Crippen LogP contribution in [0.5, 0.6) is 5.75 Å². The average molecular weight is 420 g/mol. The van der Waals surface area contributed by atoms with Crippen molar-refractivity contribution in [3.63, 3.8) is 0 Å². The smallest absolute Gasteiger partial charge is 0.322 e. The highest BCUT2D eigenvalue weighted by molar-refractivity contribution is 7.89. The number of hydrogen-bond donors (Lipinski definition) is 4. The van der Waals surface area contributed by atoms with Crippen LogP contribution in [-0.2, 0) is 14.8 Å². The van der Waals surface area contributed by atoms with Gasteiger partial charge in [-0.1, -0.05) is 0 Å². The number of nitrogens with one attached hydrogen (secondary N) is 1. The fourth-order valence-electron chi connectivity index (χ4n) is 3.11. The minimum absolute atomic E-state index is 0.152. The van der Waals surface area contributed by atoms with E-state index in [1.54, 1.807) is 0 Å². The van der Waals surface area contributed by atoms with Crippen molar-refractivity contribution in [2.24, 2.45) is 0 Å². The number of hydrogen-bond acceptors (Lipinski definition) is 7. The molecular weight excluding hydrogens is 400 g/mol. The van der Waals surface area contributed by atoms with E-state index in [-0.39, 0.29) is 23.1 Å². The summed E-state index contributed by atoms with van der Waals surface area (Å²) in [5, 5.41) is 20.8. The molecule has 1 atom stereocenters. The predicted molar refractivity (Wildman–Crippen MR) is 103 cm³/mol. The van der Waals surface area contributed by atoms with Gasteiger partial charge in [-0.3, -0.25) is 9.59 Å². The number of amides is 1. The van der Waals surface area contributed by atoms with Crippen LogP contribution >= 0.6 is 0 Å². The van der Waals surface area contributed by atoms with Gasteiger partial charge in [-0.15, -0.1) is 0 Å². The van der Waals surface area contributed by atoms with E-state index in [9.17, 15) is 23.1 Å². The molecule has 1 amide bonds. The van der Waals surface area contributed by atoms with Crippen molar-refractivity contribution in [1.29, 1.82) is 0 Å². The van der Waals surface area contributed by atoms with Gasteiger partial charge in [0.2, 0.25) is 10.0 Å². The van der Waals surface area contributed by atoms with E-state index in [4.69, 9.17) is 10.8 Å². The van der Waals surface area contributed by atoms with Gasteiger partial charge in [0.15, 0.2) is 5.69 Å². The van der Waals surface area contributed by atoms with Crippen LogP contribution in [0.4, 0.5) is 5.69 Å². The number of anilines is 1. The first-order valence-electron chi connectivity index (χ1n) is 8.73. The number of carboxylic acids is 1. The van der Waals surface area contributed by atoms with Crippen molar-refractivity contribution in [2.75, 3.05) is 25.4 Å². The number of pyridine rings is 1. The molecule has 1 saturated heterocycles. The number of aliphatic carboxylic acids is 1. The highest BCUT2D eigenvalue weighted by Crippen LogP contribution is 2.32. The van der Waals surface area contributed by atoms with Gasteiger partial charge in [-0.05, 0) is 42.3 Å². The molecule has 1 aromatic heterocycles. The van der Waals surface area contributed by atoms with Gasteiger partial charge < -0.3 is 21.3 Å². The number of nitrogens with zero attached hydrogens (tertiary/aromatic N) is 2. The van der Waals surface area contributed by atoms with Gasteiger partial charge in [-0.2, -0.15) is 4.31 Å². The first-order chi connectivity index (χ1) is 13.7. The number of carbonyl (C=O) groups is 2. The number of rotatable bonds is 6. The van der Waals surface area contributed by atoms with E-state index in [0.29, 0.717) is 24.2 Å². The van der Waals surface area contributed by atoms with E-state index in [2.05, 4.69) is 10.3 Å². The first-order valence-corrected chi connectivity index (χ1v) is 10.2. The lowest BCUT2D eigenvalue weighted by atomic mass is 10.00. The number of sulfonamides is 1. The lowest BCUT2D eigenvalue weighted by molar-refractivity contribution is -0.135. The maximum absolute atomic E-state index is 12.8. The number of carboxylic acid groups (broad SMARTS) is 1. The zero-order chi connectivity index (χ0) is 21.2. The second-order valence-electron chi connectivity index (χ2n) is 6.63. The van der Waals surface area contributed by atoms with Crippen LogP contribution in [0.25, 0.3) is 0 Å². The highest BCUT2D eigenvalue weighted by atomic mass is 32.2. The molecule has 1 unspecified atom stereocenters. The van der Waals surface area contributed by atoms with Crippen molar-refractivity contribution < 1.29 is 28.2 Å². The van der Waals surface area contributed by atoms with Crippen LogP contribution in [0.1, 0.15) is 28.4 Å². The summed E-state index contributed by atoms with van der Waals surface area (Å²) in [5.41, 5.74) is 6.37. The molecule has 0 radical (unpaired) electrons. The molecule has 11 heteroatoms. The number of aromatic hydroxyl groups is 1. The van der Waals surface area contributed by atoms with Gasteiger partial charge in [0.25, 0.3) is 5.91 Å². The average Bonchev–Trinajstić information content (AvgIpc) is 3.17. The normalized spacial score (nSPS) is 17.2. The second kappa shape index (κ2) is 8.05. The molecule has 2 aromatic rings. The Kier molecular flexibility index (Phi) is 5.71. The molecule has 1 aromatic carbocycles. The Hall–Kier alpha value is -3.18. The van der Waals surface area contributed by atoms with Gasteiger partial charge in [0.05, 0.1) is 4.90 Å². The minimum atomic E-state index is -3.67. The van der Waals surface area contributed by atoms with Crippen LogP contribution < -0.4 is 11.1 Å². The van der Waals surface area contributed by atoms with Crippen molar-refractivity contribution >= 4 is 27.6 Å². The molecule has 29 heavy (non-hydrogen) atoms. The topological polar surface area (TPSA) is 163 Å². The van der Waals surface area contributed by atoms with E-state index in [0.717, 1.165) is 0 Å². The maximum Gasteiger partial charge on any atom is 0.322 e. The Labute approximate surface area is 167 Å². The molecule has 1 aliphatic heterocycles. The SMILES string of the molecule is Nc1ccc(S(=O)(=O)N2CCC(c3cnc(C(=O)NCC(=O)O)c(O)c3)C2)cc1. The molecule has 0 aliphatic carbocycles. The number of carbonyl (C=O) groups excluding carboxylic acids is 1. The highest BCUT2D eigenvalue weighted by Gasteiger charge is 2.33. The third-order valence-electron chi connectivity index (χ3n) is 4.64. The molecule has 1 fully saturated rings.